The van der Waals surface area contributed by atoms with Crippen LogP contribution in [-0.4, -0.2) is 6.61 Å². The fraction of sp³-hybridized carbons (Fsp3) is 0.600. The third-order valence-corrected chi connectivity index (χ3v) is 3.24. The predicted molar refractivity (Wildman–Crippen MR) is 51.9 cm³/mol. The summed E-state index contributed by atoms with van der Waals surface area (Å²) in [6.45, 7) is 3.11. The van der Waals surface area contributed by atoms with Gasteiger partial charge in [-0.2, -0.15) is 0 Å². The predicted octanol–water partition coefficient (Wildman–Crippen LogP) is 3.10. The van der Waals surface area contributed by atoms with Crippen LogP contribution in [0.4, 0.5) is 0 Å². The highest BCUT2D eigenvalue weighted by Crippen LogP contribution is 2.31. The molecule has 12 heavy (non-hydrogen) atoms. The first-order valence-electron chi connectivity index (χ1n) is 4.59. The fourth-order valence-corrected chi connectivity index (χ4v) is 1.97. The lowest BCUT2D eigenvalue weighted by Gasteiger charge is -2.03. The van der Waals surface area contributed by atoms with Crippen LogP contribution >= 0.6 is 11.3 Å². The Morgan fingerprint density at radius 1 is 1.58 bits per heavy atom. The van der Waals surface area contributed by atoms with Crippen LogP contribution in [0.2, 0.25) is 0 Å². The van der Waals surface area contributed by atoms with Gasteiger partial charge in [-0.3, -0.25) is 0 Å². The quantitative estimate of drug-likeness (QED) is 0.695. The van der Waals surface area contributed by atoms with Crippen molar-refractivity contribution in [2.75, 3.05) is 6.61 Å². The first-order chi connectivity index (χ1) is 5.90. The smallest absolute Gasteiger partial charge is 0.133 e. The molecule has 0 aromatic carbocycles. The average molecular weight is 182 g/mol. The number of thiophene rings is 1. The third kappa shape index (κ3) is 1.81. The zero-order chi connectivity index (χ0) is 8.39. The molecule has 1 aliphatic rings. The molecule has 1 saturated carbocycles. The molecule has 0 spiro atoms. The van der Waals surface area contributed by atoms with Gasteiger partial charge < -0.3 is 4.74 Å². The molecule has 0 atom stereocenters. The molecule has 66 valence electrons. The maximum absolute atomic E-state index is 5.70. The molecule has 1 fully saturated rings. The monoisotopic (exact) mass is 182 g/mol. The lowest BCUT2D eigenvalue weighted by molar-refractivity contribution is 0.298. The second-order valence-electron chi connectivity index (χ2n) is 3.32. The minimum absolute atomic E-state index is 0.856. The highest BCUT2D eigenvalue weighted by Gasteiger charge is 2.22. The van der Waals surface area contributed by atoms with Gasteiger partial charge in [0.15, 0.2) is 0 Å². The Hall–Kier alpha value is -0.500. The van der Waals surface area contributed by atoms with Gasteiger partial charge >= 0.3 is 0 Å². The first kappa shape index (κ1) is 8.11. The summed E-state index contributed by atoms with van der Waals surface area (Å²) in [6.07, 6.45) is 3.83. The highest BCUT2D eigenvalue weighted by molar-refractivity contribution is 7.10. The number of hydrogen-bond donors (Lipinski definition) is 0. The van der Waals surface area contributed by atoms with Crippen molar-refractivity contribution in [1.82, 2.24) is 0 Å². The SMILES string of the molecule is CCc1sccc1OCC1CC1. The van der Waals surface area contributed by atoms with Gasteiger partial charge in [0.2, 0.25) is 0 Å². The minimum atomic E-state index is 0.856. The van der Waals surface area contributed by atoms with E-state index in [1.54, 1.807) is 11.3 Å². The van der Waals surface area contributed by atoms with Gasteiger partial charge in [0.25, 0.3) is 0 Å². The summed E-state index contributed by atoms with van der Waals surface area (Å²) in [5.41, 5.74) is 0. The molecule has 2 heteroatoms. The Kier molecular flexibility index (Phi) is 2.35. The summed E-state index contributed by atoms with van der Waals surface area (Å²) in [5.74, 6) is 1.98. The van der Waals surface area contributed by atoms with Crippen LogP contribution in [0.15, 0.2) is 11.4 Å². The van der Waals surface area contributed by atoms with E-state index in [9.17, 15) is 0 Å². The van der Waals surface area contributed by atoms with Crippen LogP contribution in [0.5, 0.6) is 5.75 Å². The van der Waals surface area contributed by atoms with Gasteiger partial charge in [-0.15, -0.1) is 11.3 Å². The van der Waals surface area contributed by atoms with Gasteiger partial charge in [0, 0.05) is 4.88 Å². The molecule has 0 saturated heterocycles. The van der Waals surface area contributed by atoms with E-state index in [1.165, 1.54) is 17.7 Å². The molecular formula is C10H14OS. The molecule has 1 aromatic heterocycles. The molecule has 1 nitrogen and oxygen atoms in total. The zero-order valence-corrected chi connectivity index (χ0v) is 8.19. The van der Waals surface area contributed by atoms with E-state index in [0.717, 1.165) is 24.7 Å². The average Bonchev–Trinajstić information content (AvgIpc) is 2.81. The topological polar surface area (TPSA) is 9.23 Å². The molecule has 1 aromatic rings. The maximum atomic E-state index is 5.70. The number of rotatable bonds is 4. The largest absolute Gasteiger partial charge is 0.492 e. The van der Waals surface area contributed by atoms with E-state index in [-0.39, 0.29) is 0 Å². The summed E-state index contributed by atoms with van der Waals surface area (Å²) in [4.78, 5) is 1.38. The highest BCUT2D eigenvalue weighted by atomic mass is 32.1. The van der Waals surface area contributed by atoms with Crippen molar-refractivity contribution in [3.05, 3.63) is 16.3 Å². The van der Waals surface area contributed by atoms with Crippen LogP contribution in [0.3, 0.4) is 0 Å². The van der Waals surface area contributed by atoms with Crippen molar-refractivity contribution in [1.29, 1.82) is 0 Å². The molecule has 1 aliphatic carbocycles. The molecule has 0 unspecified atom stereocenters. The minimum Gasteiger partial charge on any atom is -0.492 e. The van der Waals surface area contributed by atoms with Crippen LogP contribution in [-0.2, 0) is 6.42 Å². The Morgan fingerprint density at radius 3 is 3.08 bits per heavy atom. The van der Waals surface area contributed by atoms with Crippen LogP contribution in [0.25, 0.3) is 0 Å². The normalized spacial score (nSPS) is 16.4. The van der Waals surface area contributed by atoms with Crippen molar-refractivity contribution in [2.24, 2.45) is 5.92 Å². The Morgan fingerprint density at radius 2 is 2.42 bits per heavy atom. The zero-order valence-electron chi connectivity index (χ0n) is 7.38. The standard InChI is InChI=1S/C10H14OS/c1-2-10-9(5-6-12-10)11-7-8-3-4-8/h5-6,8H,2-4,7H2,1H3. The summed E-state index contributed by atoms with van der Waals surface area (Å²) in [5, 5.41) is 2.11. The van der Waals surface area contributed by atoms with Gasteiger partial charge in [0.1, 0.15) is 5.75 Å². The molecule has 0 radical (unpaired) electrons. The fourth-order valence-electron chi connectivity index (χ4n) is 1.21. The second kappa shape index (κ2) is 3.48. The van der Waals surface area contributed by atoms with Crippen molar-refractivity contribution < 1.29 is 4.74 Å². The van der Waals surface area contributed by atoms with E-state index in [0.29, 0.717) is 0 Å². The van der Waals surface area contributed by atoms with E-state index >= 15 is 0 Å². The second-order valence-corrected chi connectivity index (χ2v) is 4.32. The molecule has 1 heterocycles. The molecule has 0 N–H and O–H groups in total. The molecule has 0 bridgehead atoms. The first-order valence-corrected chi connectivity index (χ1v) is 5.47. The lowest BCUT2D eigenvalue weighted by Crippen LogP contribution is -1.99. The van der Waals surface area contributed by atoms with Gasteiger partial charge in [-0.05, 0) is 36.6 Å². The number of ether oxygens (including phenoxy) is 1. The van der Waals surface area contributed by atoms with Crippen LogP contribution in [0.1, 0.15) is 24.6 Å². The van der Waals surface area contributed by atoms with Crippen LogP contribution in [0, 0.1) is 5.92 Å². The molecule has 0 aliphatic heterocycles. The van der Waals surface area contributed by atoms with E-state index in [1.807, 2.05) is 0 Å². The molecule has 2 rings (SSSR count). The van der Waals surface area contributed by atoms with E-state index in [4.69, 9.17) is 4.74 Å². The summed E-state index contributed by atoms with van der Waals surface area (Å²) in [7, 11) is 0. The van der Waals surface area contributed by atoms with Crippen molar-refractivity contribution in [3.8, 4) is 5.75 Å². The number of aryl methyl sites for hydroxylation is 1. The number of hydrogen-bond acceptors (Lipinski definition) is 2. The molecule has 0 amide bonds. The van der Waals surface area contributed by atoms with Crippen molar-refractivity contribution >= 4 is 11.3 Å². The van der Waals surface area contributed by atoms with Crippen molar-refractivity contribution in [3.63, 3.8) is 0 Å². The van der Waals surface area contributed by atoms with Crippen molar-refractivity contribution in [2.45, 2.75) is 26.2 Å². The lowest BCUT2D eigenvalue weighted by atomic mass is 10.3. The Bertz CT molecular complexity index is 250. The third-order valence-electron chi connectivity index (χ3n) is 2.20. The van der Waals surface area contributed by atoms with Crippen LogP contribution < -0.4 is 4.74 Å². The van der Waals surface area contributed by atoms with Gasteiger partial charge in [-0.1, -0.05) is 6.92 Å². The van der Waals surface area contributed by atoms with Gasteiger partial charge in [0.05, 0.1) is 6.61 Å². The maximum Gasteiger partial charge on any atom is 0.133 e. The molecular weight excluding hydrogens is 168 g/mol. The van der Waals surface area contributed by atoms with Gasteiger partial charge in [-0.25, -0.2) is 0 Å². The Balaban J connectivity index is 1.91. The summed E-state index contributed by atoms with van der Waals surface area (Å²) in [6, 6.07) is 2.09. The summed E-state index contributed by atoms with van der Waals surface area (Å²) < 4.78 is 5.70. The van der Waals surface area contributed by atoms with E-state index in [2.05, 4.69) is 18.4 Å². The Labute approximate surface area is 77.4 Å². The van der Waals surface area contributed by atoms with E-state index < -0.39 is 0 Å². The summed E-state index contributed by atoms with van der Waals surface area (Å²) >= 11 is 1.80.